The van der Waals surface area contributed by atoms with Gasteiger partial charge < -0.3 is 29.1 Å². The molecule has 3 atom stereocenters. The van der Waals surface area contributed by atoms with E-state index in [-0.39, 0.29) is 18.2 Å². The maximum Gasteiger partial charge on any atom is 0.410 e. The summed E-state index contributed by atoms with van der Waals surface area (Å²) in [6.45, 7) is 16.7. The van der Waals surface area contributed by atoms with Crippen molar-refractivity contribution in [2.45, 2.75) is 91.1 Å². The average Bonchev–Trinajstić information content (AvgIpc) is 3.39. The number of anilines is 2. The van der Waals surface area contributed by atoms with Crippen LogP contribution in [0.4, 0.5) is 16.3 Å². The molecule has 2 saturated heterocycles. The van der Waals surface area contributed by atoms with E-state index in [1.807, 2.05) is 25.7 Å². The van der Waals surface area contributed by atoms with Crippen LogP contribution in [0.5, 0.6) is 6.01 Å². The first-order valence-corrected chi connectivity index (χ1v) is 16.2. The zero-order valence-electron chi connectivity index (χ0n) is 27.5. The Labute approximate surface area is 262 Å². The zero-order valence-corrected chi connectivity index (χ0v) is 27.5. The Balaban J connectivity index is 1.32. The molecular weight excluding hydrogens is 552 g/mol. The lowest BCUT2D eigenvalue weighted by Crippen LogP contribution is -2.59. The Kier molecular flexibility index (Phi) is 8.35. The summed E-state index contributed by atoms with van der Waals surface area (Å²) in [6, 6.07) is 14.0. The number of likely N-dealkylation sites (N-methyl/N-ethyl adjacent to an activating group) is 1. The molecule has 0 radical (unpaired) electrons. The number of likely N-dealkylation sites (tertiary alicyclic amines) is 1. The molecule has 0 N–H and O–H groups in total. The van der Waals surface area contributed by atoms with Crippen LogP contribution >= 0.6 is 0 Å². The molecule has 0 bridgehead atoms. The second kappa shape index (κ2) is 12.1. The molecule has 3 aromatic rings. The predicted octanol–water partition coefficient (Wildman–Crippen LogP) is 5.81. The van der Waals surface area contributed by atoms with Crippen molar-refractivity contribution in [3.05, 3.63) is 53.2 Å². The molecule has 6 rings (SSSR count). The van der Waals surface area contributed by atoms with Gasteiger partial charge in [0, 0.05) is 54.4 Å². The average molecular weight is 601 g/mol. The molecule has 44 heavy (non-hydrogen) atoms. The van der Waals surface area contributed by atoms with Crippen LogP contribution in [0.15, 0.2) is 36.4 Å². The molecule has 0 unspecified atom stereocenters. The van der Waals surface area contributed by atoms with Gasteiger partial charge in [-0.2, -0.15) is 9.97 Å². The number of aromatic nitrogens is 2. The fourth-order valence-electron chi connectivity index (χ4n) is 6.95. The summed E-state index contributed by atoms with van der Waals surface area (Å²) in [7, 11) is 2.16. The maximum atomic E-state index is 13.1. The second-order valence-corrected chi connectivity index (χ2v) is 14.0. The van der Waals surface area contributed by atoms with Crippen molar-refractivity contribution in [3.63, 3.8) is 0 Å². The zero-order chi connectivity index (χ0) is 31.2. The summed E-state index contributed by atoms with van der Waals surface area (Å²) in [5.41, 5.74) is 4.18. The number of amides is 1. The SMILES string of the molecule is Cc1cc(N2CCc3c(nc(OC[C@@H]4CCCN4C)nc3N3C[C@@H](C)N(C(=O)OC(C)(C)C)C[C@@H]3C)C2)c2ccccc2c1. The predicted molar refractivity (Wildman–Crippen MR) is 176 cm³/mol. The Morgan fingerprint density at radius 2 is 1.84 bits per heavy atom. The first-order valence-electron chi connectivity index (χ1n) is 16.2. The number of hydrogen-bond donors (Lipinski definition) is 0. The molecule has 1 aromatic heterocycles. The van der Waals surface area contributed by atoms with E-state index in [1.165, 1.54) is 34.0 Å². The summed E-state index contributed by atoms with van der Waals surface area (Å²) >= 11 is 0. The Hall–Kier alpha value is -3.59. The fourth-order valence-corrected chi connectivity index (χ4v) is 6.95. The van der Waals surface area contributed by atoms with E-state index in [9.17, 15) is 4.79 Å². The number of rotatable bonds is 5. The monoisotopic (exact) mass is 600 g/mol. The lowest BCUT2D eigenvalue weighted by Gasteiger charge is -2.45. The van der Waals surface area contributed by atoms with Crippen molar-refractivity contribution < 1.29 is 14.3 Å². The number of piperazine rings is 1. The van der Waals surface area contributed by atoms with E-state index in [0.29, 0.717) is 38.3 Å². The van der Waals surface area contributed by atoms with Crippen LogP contribution in [-0.2, 0) is 17.7 Å². The summed E-state index contributed by atoms with van der Waals surface area (Å²) in [5, 5.41) is 2.52. The van der Waals surface area contributed by atoms with E-state index in [2.05, 4.69) is 78.9 Å². The number of nitrogens with zero attached hydrogens (tertiary/aromatic N) is 6. The van der Waals surface area contributed by atoms with Gasteiger partial charge in [-0.05, 0) is 91.4 Å². The van der Waals surface area contributed by atoms with Crippen LogP contribution in [0.1, 0.15) is 64.3 Å². The van der Waals surface area contributed by atoms with Gasteiger partial charge in [-0.25, -0.2) is 4.79 Å². The van der Waals surface area contributed by atoms with E-state index in [1.54, 1.807) is 0 Å². The second-order valence-electron chi connectivity index (χ2n) is 14.0. The molecule has 236 valence electrons. The number of hydrogen-bond acceptors (Lipinski definition) is 8. The van der Waals surface area contributed by atoms with Gasteiger partial charge in [0.15, 0.2) is 0 Å². The molecular formula is C35H48N6O3. The van der Waals surface area contributed by atoms with Crippen LogP contribution < -0.4 is 14.5 Å². The first-order chi connectivity index (χ1) is 21.0. The third-order valence-electron chi connectivity index (χ3n) is 9.31. The molecule has 9 nitrogen and oxygen atoms in total. The highest BCUT2D eigenvalue weighted by molar-refractivity contribution is 5.95. The molecule has 4 heterocycles. The lowest BCUT2D eigenvalue weighted by atomic mass is 9.99. The van der Waals surface area contributed by atoms with Gasteiger partial charge in [0.1, 0.15) is 18.0 Å². The minimum atomic E-state index is -0.531. The molecule has 0 spiro atoms. The van der Waals surface area contributed by atoms with E-state index in [0.717, 1.165) is 37.4 Å². The molecule has 3 aliphatic rings. The van der Waals surface area contributed by atoms with Gasteiger partial charge in [0.2, 0.25) is 0 Å². The Bertz CT molecular complexity index is 1520. The lowest BCUT2D eigenvalue weighted by molar-refractivity contribution is 0.0129. The summed E-state index contributed by atoms with van der Waals surface area (Å²) in [6.07, 6.45) is 2.90. The molecule has 0 saturated carbocycles. The number of carbonyl (C=O) groups excluding carboxylic acids is 1. The molecule has 0 aliphatic carbocycles. The van der Waals surface area contributed by atoms with Crippen molar-refractivity contribution in [2.75, 3.05) is 49.6 Å². The number of carbonyl (C=O) groups is 1. The highest BCUT2D eigenvalue weighted by atomic mass is 16.6. The summed E-state index contributed by atoms with van der Waals surface area (Å²) in [5.74, 6) is 0.946. The summed E-state index contributed by atoms with van der Waals surface area (Å²) in [4.78, 5) is 32.2. The minimum Gasteiger partial charge on any atom is -0.462 e. The van der Waals surface area contributed by atoms with Gasteiger partial charge in [-0.3, -0.25) is 0 Å². The van der Waals surface area contributed by atoms with Gasteiger partial charge >= 0.3 is 12.1 Å². The largest absolute Gasteiger partial charge is 0.462 e. The molecule has 3 aliphatic heterocycles. The standard InChI is InChI=1S/C35H48N6O3/c1-23-17-26-11-8-9-13-28(26)31(18-23)39-16-14-29-30(21-39)36-33(43-22-27-12-10-15-38(27)7)37-32(29)40-19-25(3)41(20-24(40)2)34(42)44-35(4,5)6/h8-9,11,13,17-18,24-25,27H,10,12,14-16,19-22H2,1-7H3/t24-,25+,27-/m0/s1. The van der Waals surface area contributed by atoms with Gasteiger partial charge in [-0.15, -0.1) is 0 Å². The Morgan fingerprint density at radius 1 is 1.05 bits per heavy atom. The third-order valence-corrected chi connectivity index (χ3v) is 9.31. The molecule has 2 aromatic carbocycles. The van der Waals surface area contributed by atoms with Crippen LogP contribution in [0.25, 0.3) is 10.8 Å². The maximum absolute atomic E-state index is 13.1. The van der Waals surface area contributed by atoms with E-state index in [4.69, 9.17) is 19.4 Å². The molecule has 2 fully saturated rings. The molecule has 1 amide bonds. The van der Waals surface area contributed by atoms with E-state index >= 15 is 0 Å². The van der Waals surface area contributed by atoms with Crippen molar-refractivity contribution >= 4 is 28.4 Å². The highest BCUT2D eigenvalue weighted by Gasteiger charge is 2.37. The first kappa shape index (κ1) is 30.4. The highest BCUT2D eigenvalue weighted by Crippen LogP contribution is 2.36. The van der Waals surface area contributed by atoms with Crippen LogP contribution in [-0.4, -0.2) is 89.4 Å². The number of aryl methyl sites for hydroxylation is 1. The number of fused-ring (bicyclic) bond motifs is 2. The van der Waals surface area contributed by atoms with Crippen molar-refractivity contribution in [3.8, 4) is 6.01 Å². The van der Waals surface area contributed by atoms with Crippen LogP contribution in [0.3, 0.4) is 0 Å². The van der Waals surface area contributed by atoms with Crippen molar-refractivity contribution in [1.82, 2.24) is 19.8 Å². The third kappa shape index (κ3) is 6.29. The molecule has 9 heteroatoms. The van der Waals surface area contributed by atoms with Crippen LogP contribution in [0.2, 0.25) is 0 Å². The van der Waals surface area contributed by atoms with Gasteiger partial charge in [0.05, 0.1) is 12.2 Å². The quantitative estimate of drug-likeness (QED) is 0.364. The minimum absolute atomic E-state index is 0.0260. The fraction of sp³-hybridized carbons (Fsp3) is 0.571. The number of ether oxygens (including phenoxy) is 2. The van der Waals surface area contributed by atoms with Crippen molar-refractivity contribution in [1.29, 1.82) is 0 Å². The number of benzene rings is 2. The topological polar surface area (TPSA) is 74.3 Å². The normalized spacial score (nSPS) is 22.8. The van der Waals surface area contributed by atoms with Gasteiger partial charge in [-0.1, -0.05) is 30.3 Å². The Morgan fingerprint density at radius 3 is 2.59 bits per heavy atom. The van der Waals surface area contributed by atoms with Crippen LogP contribution in [0, 0.1) is 6.92 Å². The van der Waals surface area contributed by atoms with Crippen molar-refractivity contribution in [2.24, 2.45) is 0 Å². The summed E-state index contributed by atoms with van der Waals surface area (Å²) < 4.78 is 12.1. The smallest absolute Gasteiger partial charge is 0.410 e. The van der Waals surface area contributed by atoms with Gasteiger partial charge in [0.25, 0.3) is 0 Å². The van der Waals surface area contributed by atoms with E-state index < -0.39 is 5.60 Å².